The maximum atomic E-state index is 6.15. The Kier molecular flexibility index (Phi) is 2.42. The summed E-state index contributed by atoms with van der Waals surface area (Å²) in [6, 6.07) is 8.06. The van der Waals surface area contributed by atoms with Gasteiger partial charge in [0.25, 0.3) is 0 Å². The zero-order chi connectivity index (χ0) is 10.1. The summed E-state index contributed by atoms with van der Waals surface area (Å²) in [7, 11) is 0. The maximum absolute atomic E-state index is 6.15. The van der Waals surface area contributed by atoms with Gasteiger partial charge in [0.1, 0.15) is 0 Å². The standard InChI is InChI=1S/C12H12ClN/c1-3-9-5-4-6-10-11(13)7-8(2)14-12(9)10/h4-7H,3H2,1-2H3. The molecule has 0 N–H and O–H groups in total. The summed E-state index contributed by atoms with van der Waals surface area (Å²) in [5, 5.41) is 1.85. The number of para-hydroxylation sites is 1. The highest BCUT2D eigenvalue weighted by atomic mass is 35.5. The van der Waals surface area contributed by atoms with Crippen molar-refractivity contribution in [3.05, 3.63) is 40.5 Å². The van der Waals surface area contributed by atoms with E-state index in [0.29, 0.717) is 0 Å². The number of hydrogen-bond acceptors (Lipinski definition) is 1. The van der Waals surface area contributed by atoms with E-state index < -0.39 is 0 Å². The molecule has 0 aliphatic carbocycles. The van der Waals surface area contributed by atoms with Gasteiger partial charge in [-0.05, 0) is 25.0 Å². The molecule has 0 amide bonds. The van der Waals surface area contributed by atoms with Crippen LogP contribution in [-0.4, -0.2) is 4.98 Å². The summed E-state index contributed by atoms with van der Waals surface area (Å²) < 4.78 is 0. The number of benzene rings is 1. The molecule has 14 heavy (non-hydrogen) atoms. The molecule has 1 aromatic heterocycles. The van der Waals surface area contributed by atoms with Crippen LogP contribution in [0.1, 0.15) is 18.2 Å². The number of nitrogens with zero attached hydrogens (tertiary/aromatic N) is 1. The SMILES string of the molecule is CCc1cccc2c(Cl)cc(C)nc12. The van der Waals surface area contributed by atoms with Crippen molar-refractivity contribution in [2.24, 2.45) is 0 Å². The molecule has 0 saturated heterocycles. The van der Waals surface area contributed by atoms with Gasteiger partial charge in [0.05, 0.1) is 10.5 Å². The van der Waals surface area contributed by atoms with Crippen molar-refractivity contribution >= 4 is 22.5 Å². The lowest BCUT2D eigenvalue weighted by atomic mass is 10.1. The third-order valence-electron chi connectivity index (χ3n) is 2.38. The molecule has 0 bridgehead atoms. The molecular weight excluding hydrogens is 194 g/mol. The lowest BCUT2D eigenvalue weighted by Crippen LogP contribution is -1.90. The molecule has 1 heterocycles. The molecule has 0 atom stereocenters. The number of fused-ring (bicyclic) bond motifs is 1. The van der Waals surface area contributed by atoms with E-state index >= 15 is 0 Å². The number of hydrogen-bond donors (Lipinski definition) is 0. The fourth-order valence-electron chi connectivity index (χ4n) is 1.67. The van der Waals surface area contributed by atoms with Crippen LogP contribution in [0.2, 0.25) is 5.02 Å². The van der Waals surface area contributed by atoms with E-state index in [1.54, 1.807) is 0 Å². The highest BCUT2D eigenvalue weighted by Crippen LogP contribution is 2.25. The van der Waals surface area contributed by atoms with Gasteiger partial charge in [0.15, 0.2) is 0 Å². The van der Waals surface area contributed by atoms with Crippen LogP contribution in [0.4, 0.5) is 0 Å². The Morgan fingerprint density at radius 1 is 1.36 bits per heavy atom. The molecule has 0 saturated carbocycles. The first-order valence-corrected chi connectivity index (χ1v) is 5.15. The highest BCUT2D eigenvalue weighted by Gasteiger charge is 2.04. The van der Waals surface area contributed by atoms with Crippen LogP contribution in [0, 0.1) is 6.92 Å². The van der Waals surface area contributed by atoms with Crippen molar-refractivity contribution in [1.29, 1.82) is 0 Å². The second-order valence-electron chi connectivity index (χ2n) is 3.41. The highest BCUT2D eigenvalue weighted by molar-refractivity contribution is 6.35. The summed E-state index contributed by atoms with van der Waals surface area (Å²) in [6.45, 7) is 4.10. The van der Waals surface area contributed by atoms with Gasteiger partial charge < -0.3 is 0 Å². The van der Waals surface area contributed by atoms with Crippen LogP contribution in [0.25, 0.3) is 10.9 Å². The largest absolute Gasteiger partial charge is 0.253 e. The lowest BCUT2D eigenvalue weighted by molar-refractivity contribution is 1.13. The number of rotatable bonds is 1. The second kappa shape index (κ2) is 3.58. The molecule has 2 rings (SSSR count). The van der Waals surface area contributed by atoms with Crippen LogP contribution in [-0.2, 0) is 6.42 Å². The van der Waals surface area contributed by atoms with E-state index in [0.717, 1.165) is 28.0 Å². The van der Waals surface area contributed by atoms with Crippen molar-refractivity contribution < 1.29 is 0 Å². The first kappa shape index (κ1) is 9.47. The summed E-state index contributed by atoms with van der Waals surface area (Å²) in [6.07, 6.45) is 0.990. The van der Waals surface area contributed by atoms with Gasteiger partial charge in [-0.15, -0.1) is 0 Å². The van der Waals surface area contributed by atoms with Crippen molar-refractivity contribution in [2.45, 2.75) is 20.3 Å². The average molecular weight is 206 g/mol. The normalized spacial score (nSPS) is 10.8. The van der Waals surface area contributed by atoms with E-state index in [4.69, 9.17) is 11.6 Å². The van der Waals surface area contributed by atoms with Gasteiger partial charge in [-0.2, -0.15) is 0 Å². The molecule has 1 nitrogen and oxygen atoms in total. The van der Waals surface area contributed by atoms with E-state index in [1.807, 2.05) is 25.1 Å². The van der Waals surface area contributed by atoms with Crippen molar-refractivity contribution in [3.63, 3.8) is 0 Å². The molecule has 0 spiro atoms. The number of aromatic nitrogens is 1. The molecule has 0 unspecified atom stereocenters. The van der Waals surface area contributed by atoms with Gasteiger partial charge in [-0.1, -0.05) is 36.7 Å². The van der Waals surface area contributed by atoms with Crippen LogP contribution in [0.5, 0.6) is 0 Å². The quantitative estimate of drug-likeness (QED) is 0.691. The predicted octanol–water partition coefficient (Wildman–Crippen LogP) is 3.76. The second-order valence-corrected chi connectivity index (χ2v) is 3.82. The maximum Gasteiger partial charge on any atom is 0.0751 e. The minimum Gasteiger partial charge on any atom is -0.253 e. The van der Waals surface area contributed by atoms with Crippen LogP contribution >= 0.6 is 11.6 Å². The molecular formula is C12H12ClN. The molecule has 1 aromatic carbocycles. The fourth-order valence-corrected chi connectivity index (χ4v) is 1.98. The Balaban J connectivity index is 2.86. The number of halogens is 1. The zero-order valence-electron chi connectivity index (χ0n) is 8.34. The Morgan fingerprint density at radius 3 is 2.86 bits per heavy atom. The van der Waals surface area contributed by atoms with Gasteiger partial charge in [-0.25, -0.2) is 0 Å². The van der Waals surface area contributed by atoms with Crippen molar-refractivity contribution in [1.82, 2.24) is 4.98 Å². The molecule has 0 fully saturated rings. The minimum atomic E-state index is 0.794. The average Bonchev–Trinajstić information content (AvgIpc) is 2.17. The molecule has 0 radical (unpaired) electrons. The molecule has 2 heteroatoms. The molecule has 72 valence electrons. The Morgan fingerprint density at radius 2 is 2.14 bits per heavy atom. The van der Waals surface area contributed by atoms with Gasteiger partial charge in [-0.3, -0.25) is 4.98 Å². The summed E-state index contributed by atoms with van der Waals surface area (Å²) in [5.41, 5.74) is 3.27. The Hall–Kier alpha value is -1.08. The summed E-state index contributed by atoms with van der Waals surface area (Å²) in [4.78, 5) is 4.52. The van der Waals surface area contributed by atoms with Crippen LogP contribution in [0.15, 0.2) is 24.3 Å². The van der Waals surface area contributed by atoms with E-state index in [-0.39, 0.29) is 0 Å². The Labute approximate surface area is 88.7 Å². The lowest BCUT2D eigenvalue weighted by Gasteiger charge is -2.05. The topological polar surface area (TPSA) is 12.9 Å². The fraction of sp³-hybridized carbons (Fsp3) is 0.250. The van der Waals surface area contributed by atoms with Crippen molar-refractivity contribution in [3.8, 4) is 0 Å². The first-order valence-electron chi connectivity index (χ1n) is 4.77. The molecule has 0 aliphatic heterocycles. The third kappa shape index (κ3) is 1.48. The molecule has 2 aromatic rings. The molecule has 0 aliphatic rings. The first-order chi connectivity index (χ1) is 6.72. The summed E-state index contributed by atoms with van der Waals surface area (Å²) >= 11 is 6.15. The zero-order valence-corrected chi connectivity index (χ0v) is 9.10. The number of aryl methyl sites for hydroxylation is 2. The van der Waals surface area contributed by atoms with Crippen molar-refractivity contribution in [2.75, 3.05) is 0 Å². The van der Waals surface area contributed by atoms with E-state index in [2.05, 4.69) is 18.0 Å². The monoisotopic (exact) mass is 205 g/mol. The Bertz CT molecular complexity index is 477. The van der Waals surface area contributed by atoms with Crippen LogP contribution in [0.3, 0.4) is 0 Å². The van der Waals surface area contributed by atoms with Gasteiger partial charge in [0, 0.05) is 11.1 Å². The van der Waals surface area contributed by atoms with Crippen LogP contribution < -0.4 is 0 Å². The van der Waals surface area contributed by atoms with E-state index in [1.165, 1.54) is 5.56 Å². The number of pyridine rings is 1. The van der Waals surface area contributed by atoms with E-state index in [9.17, 15) is 0 Å². The van der Waals surface area contributed by atoms with Gasteiger partial charge >= 0.3 is 0 Å². The minimum absolute atomic E-state index is 0.794. The summed E-state index contributed by atoms with van der Waals surface area (Å²) in [5.74, 6) is 0. The van der Waals surface area contributed by atoms with Gasteiger partial charge in [0.2, 0.25) is 0 Å². The third-order valence-corrected chi connectivity index (χ3v) is 2.69. The smallest absolute Gasteiger partial charge is 0.0751 e. The predicted molar refractivity (Wildman–Crippen MR) is 60.9 cm³/mol.